The van der Waals surface area contributed by atoms with Crippen molar-refractivity contribution in [3.8, 4) is 0 Å². The molecule has 9 atom stereocenters. The van der Waals surface area contributed by atoms with Crippen LogP contribution in [0.2, 0.25) is 0 Å². The van der Waals surface area contributed by atoms with Gasteiger partial charge in [0.25, 0.3) is 0 Å². The summed E-state index contributed by atoms with van der Waals surface area (Å²) in [6.07, 6.45) is 1.59. The van der Waals surface area contributed by atoms with E-state index in [1.165, 1.54) is 23.8 Å². The summed E-state index contributed by atoms with van der Waals surface area (Å²) in [5.41, 5.74) is 0. The van der Waals surface area contributed by atoms with Crippen molar-refractivity contribution in [2.45, 2.75) is 175 Å². The molecule has 5 N–H and O–H groups in total. The highest BCUT2D eigenvalue weighted by Crippen LogP contribution is 2.32. The summed E-state index contributed by atoms with van der Waals surface area (Å²) in [5, 5.41) is 22.6. The zero-order valence-electron chi connectivity index (χ0n) is 39.0. The topological polar surface area (TPSA) is 213 Å². The summed E-state index contributed by atoms with van der Waals surface area (Å²) >= 11 is 0. The van der Waals surface area contributed by atoms with Crippen molar-refractivity contribution in [3.05, 3.63) is 0 Å². The van der Waals surface area contributed by atoms with Crippen molar-refractivity contribution >= 4 is 41.4 Å². The molecule has 0 spiro atoms. The molecule has 0 aliphatic carbocycles. The van der Waals surface area contributed by atoms with Crippen LogP contribution in [0.25, 0.3) is 0 Å². The Kier molecular flexibility index (Phi) is 19.9. The quantitative estimate of drug-likeness (QED) is 0.200. The van der Waals surface area contributed by atoms with E-state index in [-0.39, 0.29) is 48.5 Å². The summed E-state index contributed by atoms with van der Waals surface area (Å²) in [7, 11) is 4.61. The van der Waals surface area contributed by atoms with Gasteiger partial charge in [-0.15, -0.1) is 0 Å². The maximum absolute atomic E-state index is 14.3. The summed E-state index contributed by atoms with van der Waals surface area (Å²) in [6.45, 7) is 17.7. The van der Waals surface area contributed by atoms with Crippen molar-refractivity contribution in [1.29, 1.82) is 0 Å². The summed E-state index contributed by atoms with van der Waals surface area (Å²) < 4.78 is 6.18. The van der Waals surface area contributed by atoms with Crippen molar-refractivity contribution in [3.63, 3.8) is 0 Å². The molecule has 0 bridgehead atoms. The number of aliphatic hydroxyl groups excluding tert-OH is 1. The molecule has 17 nitrogen and oxygen atoms in total. The van der Waals surface area contributed by atoms with E-state index in [4.69, 9.17) is 4.74 Å². The molecule has 3 saturated heterocycles. The molecule has 7 amide bonds. The lowest BCUT2D eigenvalue weighted by molar-refractivity contribution is -0.144. The van der Waals surface area contributed by atoms with Crippen molar-refractivity contribution in [1.82, 2.24) is 40.9 Å². The van der Waals surface area contributed by atoms with E-state index in [2.05, 4.69) is 35.1 Å². The summed E-state index contributed by atoms with van der Waals surface area (Å²) in [6, 6.07) is -5.42. The fourth-order valence-corrected chi connectivity index (χ4v) is 8.46. The molecule has 3 aliphatic heterocycles. The third kappa shape index (κ3) is 15.8. The number of amides is 7. The highest BCUT2D eigenvalue weighted by atomic mass is 16.6. The van der Waals surface area contributed by atoms with Crippen LogP contribution in [-0.4, -0.2) is 162 Å². The number of fused-ring (bicyclic) bond motifs is 1. The van der Waals surface area contributed by atoms with E-state index in [1.54, 1.807) is 19.0 Å². The van der Waals surface area contributed by atoms with Gasteiger partial charge in [-0.1, -0.05) is 55.4 Å². The molecule has 3 fully saturated rings. The maximum atomic E-state index is 14.3. The Hall–Kier alpha value is -3.83. The van der Waals surface area contributed by atoms with Crippen molar-refractivity contribution in [2.75, 3.05) is 40.8 Å². The molecular weight excluding hydrogens is 785 g/mol. The van der Waals surface area contributed by atoms with Crippen LogP contribution in [0.4, 0.5) is 0 Å². The number of nitrogens with zero attached hydrogens (tertiary/aromatic N) is 4. The number of aliphatic hydroxyl groups is 1. The van der Waals surface area contributed by atoms with Crippen LogP contribution >= 0.6 is 0 Å². The van der Waals surface area contributed by atoms with Crippen molar-refractivity contribution in [2.24, 2.45) is 23.7 Å². The largest absolute Gasteiger partial charge is 0.391 e. The predicted octanol–water partition coefficient (Wildman–Crippen LogP) is 1.61. The number of carbonyl (C=O) groups excluding carboxylic acids is 7. The Morgan fingerprint density at radius 3 is 1.85 bits per heavy atom. The normalized spacial score (nSPS) is 29.4. The molecule has 3 heterocycles. The van der Waals surface area contributed by atoms with Gasteiger partial charge in [-0.2, -0.15) is 0 Å². The number of ether oxygens (including phenoxy) is 1. The van der Waals surface area contributed by atoms with Gasteiger partial charge in [0.15, 0.2) is 0 Å². The van der Waals surface area contributed by atoms with Crippen LogP contribution < -0.4 is 21.3 Å². The number of piperidine rings is 1. The zero-order valence-corrected chi connectivity index (χ0v) is 39.0. The summed E-state index contributed by atoms with van der Waals surface area (Å²) in [5.74, 6) is -3.40. The van der Waals surface area contributed by atoms with Gasteiger partial charge in [0, 0.05) is 46.7 Å². The number of likely N-dealkylation sites (N-methyl/N-ethyl adjacent to an activating group) is 3. The van der Waals surface area contributed by atoms with Gasteiger partial charge in [0.05, 0.1) is 25.1 Å². The maximum Gasteiger partial charge on any atom is 0.247 e. The molecule has 17 heteroatoms. The molecule has 3 rings (SSSR count). The van der Waals surface area contributed by atoms with Crippen LogP contribution in [0.5, 0.6) is 0 Å². The van der Waals surface area contributed by atoms with Gasteiger partial charge < -0.3 is 45.4 Å². The average Bonchev–Trinajstić information content (AvgIpc) is 3.93. The SMILES string of the molecule is CC(C)CC1CC(=O)N(C)[C@@H](CC(C)C)C(=O)N[C@H](C(=O)N2CCCCC2)CC(=O)N[C@@H](CC(C)C)C(=O)N(C)CC(=O)N[C@@H]([C@@H](C)O)C(=O)N(C)[C@@H](CC(C)C)C2OC2N1. The van der Waals surface area contributed by atoms with Gasteiger partial charge in [-0.3, -0.25) is 38.9 Å². The fourth-order valence-electron chi connectivity index (χ4n) is 8.46. The average molecular weight is 863 g/mol. The van der Waals surface area contributed by atoms with Crippen LogP contribution in [0.1, 0.15) is 120 Å². The predicted molar refractivity (Wildman–Crippen MR) is 231 cm³/mol. The third-order valence-corrected chi connectivity index (χ3v) is 11.7. The van der Waals surface area contributed by atoms with Gasteiger partial charge >= 0.3 is 0 Å². The van der Waals surface area contributed by atoms with E-state index in [9.17, 15) is 38.7 Å². The minimum Gasteiger partial charge on any atom is -0.391 e. The molecule has 61 heavy (non-hydrogen) atoms. The first-order chi connectivity index (χ1) is 28.5. The number of epoxide rings is 1. The van der Waals surface area contributed by atoms with Gasteiger partial charge in [0.2, 0.25) is 41.4 Å². The minimum atomic E-state index is -1.33. The first-order valence-electron chi connectivity index (χ1n) is 22.5. The molecule has 3 aliphatic rings. The monoisotopic (exact) mass is 863 g/mol. The van der Waals surface area contributed by atoms with Gasteiger partial charge in [-0.05, 0) is 75.5 Å². The van der Waals surface area contributed by atoms with E-state index < -0.39 is 97.1 Å². The number of nitrogens with one attached hydrogen (secondary N) is 4. The van der Waals surface area contributed by atoms with Crippen molar-refractivity contribution < 1.29 is 43.4 Å². The Bertz CT molecular complexity index is 1520. The highest BCUT2D eigenvalue weighted by molar-refractivity contribution is 5.96. The molecule has 348 valence electrons. The smallest absolute Gasteiger partial charge is 0.247 e. The van der Waals surface area contributed by atoms with E-state index >= 15 is 0 Å². The third-order valence-electron chi connectivity index (χ3n) is 11.7. The molecule has 0 aromatic carbocycles. The first kappa shape index (κ1) is 51.5. The number of rotatable bonds is 10. The fraction of sp³-hybridized carbons (Fsp3) is 0.841. The molecule has 0 aromatic heterocycles. The zero-order chi connectivity index (χ0) is 45.9. The highest BCUT2D eigenvalue weighted by Gasteiger charge is 2.49. The van der Waals surface area contributed by atoms with Crippen LogP contribution in [-0.2, 0) is 38.3 Å². The molecule has 0 saturated carbocycles. The van der Waals surface area contributed by atoms with Crippen LogP contribution in [0, 0.1) is 23.7 Å². The van der Waals surface area contributed by atoms with Gasteiger partial charge in [0.1, 0.15) is 36.5 Å². The van der Waals surface area contributed by atoms with Crippen LogP contribution in [0.15, 0.2) is 0 Å². The van der Waals surface area contributed by atoms with E-state index in [0.29, 0.717) is 32.4 Å². The van der Waals surface area contributed by atoms with E-state index in [1.807, 2.05) is 41.5 Å². The Labute approximate surface area is 364 Å². The molecular formula is C44H78N8O9. The number of carbonyl (C=O) groups is 7. The molecule has 3 unspecified atom stereocenters. The Balaban J connectivity index is 2.08. The molecule has 0 aromatic rings. The second kappa shape index (κ2) is 23.6. The standard InChI is InChI=1S/C44H78N8O9/c1-25(2)18-30-22-37(56)50(11)34(21-28(7)8)40(57)47-32(43(59)52-16-14-13-15-17-52)23-35(54)46-31(19-26(3)4)42(58)49(10)24-36(55)48-38(29(9)53)44(60)51(12)33(20-27(5)6)39-41(45-30)61-39/h25-34,38-39,41,45,53H,13-24H2,1-12H3,(H,46,54)(H,47,57)(H,48,55)/t29-,30?,31+,32+,33+,34+,38+,39?,41?/m1/s1. The Morgan fingerprint density at radius 2 is 1.30 bits per heavy atom. The lowest BCUT2D eigenvalue weighted by Crippen LogP contribution is -2.58. The lowest BCUT2D eigenvalue weighted by atomic mass is 9.96. The summed E-state index contributed by atoms with van der Waals surface area (Å²) in [4.78, 5) is 104. The van der Waals surface area contributed by atoms with E-state index in [0.717, 1.165) is 24.2 Å². The second-order valence-corrected chi connectivity index (χ2v) is 19.4. The number of hydrogen-bond acceptors (Lipinski definition) is 10. The second-order valence-electron chi connectivity index (χ2n) is 19.4. The number of likely N-dealkylation sites (tertiary alicyclic amines) is 1. The minimum absolute atomic E-state index is 0.00419. The first-order valence-corrected chi connectivity index (χ1v) is 22.5. The van der Waals surface area contributed by atoms with Gasteiger partial charge in [-0.25, -0.2) is 0 Å². The Morgan fingerprint density at radius 1 is 0.705 bits per heavy atom. The number of hydrogen-bond donors (Lipinski definition) is 5. The lowest BCUT2D eigenvalue weighted by Gasteiger charge is -2.34. The molecule has 0 radical (unpaired) electrons. The van der Waals surface area contributed by atoms with Crippen LogP contribution in [0.3, 0.4) is 0 Å².